The third-order valence-corrected chi connectivity index (χ3v) is 6.92. The molecule has 2 fully saturated rings. The van der Waals surface area contributed by atoms with Gasteiger partial charge in [0.1, 0.15) is 6.61 Å². The maximum Gasteiger partial charge on any atom is 0.410 e. The minimum atomic E-state index is -3.96. The van der Waals surface area contributed by atoms with Gasteiger partial charge < -0.3 is 4.74 Å². The topological polar surface area (TPSA) is 110 Å². The van der Waals surface area contributed by atoms with Crippen LogP contribution < -0.4 is 0 Å². The average Bonchev–Trinajstić information content (AvgIpc) is 3.02. The van der Waals surface area contributed by atoms with Crippen molar-refractivity contribution >= 4 is 21.8 Å². The van der Waals surface area contributed by atoms with Gasteiger partial charge in [-0.25, -0.2) is 13.2 Å². The minimum absolute atomic E-state index is 0.0193. The van der Waals surface area contributed by atoms with Crippen molar-refractivity contribution in [2.24, 2.45) is 0 Å². The molecule has 0 bridgehead atoms. The molecule has 2 aliphatic heterocycles. The van der Waals surface area contributed by atoms with Crippen LogP contribution in [0.4, 0.5) is 10.5 Å². The molecule has 3 rings (SSSR count). The van der Waals surface area contributed by atoms with Crippen LogP contribution in [0.15, 0.2) is 29.2 Å². The van der Waals surface area contributed by atoms with E-state index in [9.17, 15) is 23.3 Å². The summed E-state index contributed by atoms with van der Waals surface area (Å²) in [7, 11) is -3.96. The lowest BCUT2D eigenvalue weighted by Crippen LogP contribution is -2.49. The van der Waals surface area contributed by atoms with E-state index in [4.69, 9.17) is 4.74 Å². The largest absolute Gasteiger partial charge is 0.447 e. The summed E-state index contributed by atoms with van der Waals surface area (Å²) >= 11 is 0. The van der Waals surface area contributed by atoms with Crippen molar-refractivity contribution in [3.63, 3.8) is 0 Å². The highest BCUT2D eigenvalue weighted by Crippen LogP contribution is 2.30. The molecule has 1 atom stereocenters. The Morgan fingerprint density at radius 1 is 1.27 bits per heavy atom. The van der Waals surface area contributed by atoms with E-state index in [-0.39, 0.29) is 36.2 Å². The normalized spacial score (nSPS) is 22.4. The Hall–Kier alpha value is -2.20. The first-order valence-corrected chi connectivity index (χ1v) is 9.99. The molecule has 1 amide bonds. The summed E-state index contributed by atoms with van der Waals surface area (Å²) in [4.78, 5) is 23.8. The summed E-state index contributed by atoms with van der Waals surface area (Å²) in [5, 5.41) is 11.1. The van der Waals surface area contributed by atoms with Crippen molar-refractivity contribution in [1.29, 1.82) is 0 Å². The lowest BCUT2D eigenvalue weighted by molar-refractivity contribution is -0.387. The zero-order valence-electron chi connectivity index (χ0n) is 14.4. The summed E-state index contributed by atoms with van der Waals surface area (Å²) in [6, 6.07) is 5.29. The van der Waals surface area contributed by atoms with E-state index in [1.165, 1.54) is 28.6 Å². The van der Waals surface area contributed by atoms with Crippen LogP contribution in [-0.2, 0) is 14.8 Å². The maximum absolute atomic E-state index is 12.8. The molecule has 1 aromatic carbocycles. The highest BCUT2D eigenvalue weighted by Gasteiger charge is 2.41. The molecular formula is C16H21N3O6S. The lowest BCUT2D eigenvalue weighted by Gasteiger charge is -2.37. The quantitative estimate of drug-likeness (QED) is 0.568. The number of cyclic esters (lactones) is 1. The van der Waals surface area contributed by atoms with Gasteiger partial charge in [-0.15, -0.1) is 0 Å². The molecule has 1 aromatic rings. The molecule has 0 N–H and O–H groups in total. The van der Waals surface area contributed by atoms with Gasteiger partial charge in [-0.2, -0.15) is 4.31 Å². The number of para-hydroxylation sites is 1. The van der Waals surface area contributed by atoms with Crippen LogP contribution in [0.3, 0.4) is 0 Å². The molecule has 10 heteroatoms. The molecule has 0 spiro atoms. The number of nitro benzene ring substituents is 1. The van der Waals surface area contributed by atoms with Crippen molar-refractivity contribution in [1.82, 2.24) is 9.21 Å². The van der Waals surface area contributed by atoms with Crippen LogP contribution in [0.5, 0.6) is 0 Å². The fourth-order valence-electron chi connectivity index (χ4n) is 3.56. The van der Waals surface area contributed by atoms with Crippen LogP contribution in [0.25, 0.3) is 0 Å². The van der Waals surface area contributed by atoms with E-state index in [1.54, 1.807) is 4.90 Å². The molecule has 0 saturated carbocycles. The molecule has 0 aliphatic carbocycles. The van der Waals surface area contributed by atoms with Gasteiger partial charge in [0.15, 0.2) is 4.90 Å². The number of hydrogen-bond donors (Lipinski definition) is 0. The third-order valence-electron chi connectivity index (χ3n) is 4.97. The molecule has 9 nitrogen and oxygen atoms in total. The van der Waals surface area contributed by atoms with Crippen LogP contribution >= 0.6 is 0 Å². The summed E-state index contributed by atoms with van der Waals surface area (Å²) in [6.07, 6.45) is 1.38. The Morgan fingerprint density at radius 2 is 1.92 bits per heavy atom. The number of hydrogen-bond acceptors (Lipinski definition) is 6. The van der Waals surface area contributed by atoms with E-state index in [2.05, 4.69) is 0 Å². The van der Waals surface area contributed by atoms with Crippen molar-refractivity contribution in [3.8, 4) is 0 Å². The minimum Gasteiger partial charge on any atom is -0.447 e. The van der Waals surface area contributed by atoms with E-state index >= 15 is 0 Å². The standard InChI is InChI=1S/C16H21N3O6S/c1-2-12-11-25-16(20)18(12)13-7-9-17(10-8-13)26(23,24)15-6-4-3-5-14(15)19(21)22/h3-6,12-13H,2,7-11H2,1H3. The van der Waals surface area contributed by atoms with Crippen LogP contribution in [0, 0.1) is 10.1 Å². The molecule has 1 unspecified atom stereocenters. The zero-order valence-corrected chi connectivity index (χ0v) is 15.2. The Morgan fingerprint density at radius 3 is 2.54 bits per heavy atom. The molecule has 26 heavy (non-hydrogen) atoms. The lowest BCUT2D eigenvalue weighted by atomic mass is 10.0. The fraction of sp³-hybridized carbons (Fsp3) is 0.562. The number of carbonyl (C=O) groups excluding carboxylic acids is 1. The second-order valence-electron chi connectivity index (χ2n) is 6.41. The van der Waals surface area contributed by atoms with E-state index in [0.717, 1.165) is 6.42 Å². The van der Waals surface area contributed by atoms with Gasteiger partial charge in [0, 0.05) is 25.2 Å². The number of carbonyl (C=O) groups is 1. The maximum atomic E-state index is 12.8. The predicted molar refractivity (Wildman–Crippen MR) is 92.1 cm³/mol. The van der Waals surface area contributed by atoms with Crippen LogP contribution in [0.1, 0.15) is 26.2 Å². The second-order valence-corrected chi connectivity index (χ2v) is 8.31. The monoisotopic (exact) mass is 383 g/mol. The fourth-order valence-corrected chi connectivity index (χ4v) is 5.19. The number of piperidine rings is 1. The Labute approximate surface area is 151 Å². The van der Waals surface area contributed by atoms with Gasteiger partial charge in [-0.05, 0) is 25.3 Å². The van der Waals surface area contributed by atoms with Gasteiger partial charge in [-0.3, -0.25) is 15.0 Å². The molecule has 142 valence electrons. The Kier molecular flexibility index (Phi) is 5.15. The second kappa shape index (κ2) is 7.20. The van der Waals surface area contributed by atoms with E-state index < -0.39 is 20.6 Å². The van der Waals surface area contributed by atoms with Crippen LogP contribution in [0.2, 0.25) is 0 Å². The van der Waals surface area contributed by atoms with Crippen molar-refractivity contribution in [3.05, 3.63) is 34.4 Å². The number of rotatable bonds is 5. The number of nitro groups is 1. The molecule has 2 aliphatic rings. The van der Waals surface area contributed by atoms with E-state index in [1.807, 2.05) is 6.92 Å². The predicted octanol–water partition coefficient (Wildman–Crippen LogP) is 1.98. The average molecular weight is 383 g/mol. The summed E-state index contributed by atoms with van der Waals surface area (Å²) in [5.41, 5.74) is -0.427. The van der Waals surface area contributed by atoms with Gasteiger partial charge >= 0.3 is 6.09 Å². The Bertz CT molecular complexity index is 804. The number of sulfonamides is 1. The molecule has 2 heterocycles. The first-order chi connectivity index (χ1) is 12.4. The number of ether oxygens (including phenoxy) is 1. The molecule has 2 saturated heterocycles. The van der Waals surface area contributed by atoms with Gasteiger partial charge in [0.2, 0.25) is 10.0 Å². The highest BCUT2D eigenvalue weighted by molar-refractivity contribution is 7.89. The molecule has 0 aromatic heterocycles. The number of benzene rings is 1. The zero-order chi connectivity index (χ0) is 18.9. The van der Waals surface area contributed by atoms with Gasteiger partial charge in [0.05, 0.1) is 11.0 Å². The van der Waals surface area contributed by atoms with E-state index in [0.29, 0.717) is 19.4 Å². The van der Waals surface area contributed by atoms with Crippen LogP contribution in [-0.4, -0.2) is 60.4 Å². The first-order valence-electron chi connectivity index (χ1n) is 8.55. The highest BCUT2D eigenvalue weighted by atomic mass is 32.2. The summed E-state index contributed by atoms with van der Waals surface area (Å²) in [6.45, 7) is 2.76. The van der Waals surface area contributed by atoms with Crippen molar-refractivity contribution < 1.29 is 22.9 Å². The van der Waals surface area contributed by atoms with Gasteiger partial charge in [-0.1, -0.05) is 19.1 Å². The first kappa shape index (κ1) is 18.6. The number of nitrogens with zero attached hydrogens (tertiary/aromatic N) is 3. The summed E-state index contributed by atoms with van der Waals surface area (Å²) in [5.74, 6) is 0. The number of amides is 1. The Balaban J connectivity index is 1.76. The molecule has 0 radical (unpaired) electrons. The molecular weight excluding hydrogens is 362 g/mol. The van der Waals surface area contributed by atoms with Crippen molar-refractivity contribution in [2.75, 3.05) is 19.7 Å². The van der Waals surface area contributed by atoms with Crippen molar-refractivity contribution in [2.45, 2.75) is 43.2 Å². The van der Waals surface area contributed by atoms with Gasteiger partial charge in [0.25, 0.3) is 5.69 Å². The smallest absolute Gasteiger partial charge is 0.410 e. The summed E-state index contributed by atoms with van der Waals surface area (Å²) < 4.78 is 32.0. The SMILES string of the molecule is CCC1COC(=O)N1C1CCN(S(=O)(=O)c2ccccc2[N+](=O)[O-])CC1. The third kappa shape index (κ3) is 3.26.